The van der Waals surface area contributed by atoms with E-state index in [1.807, 2.05) is 0 Å². The second-order valence-electron chi connectivity index (χ2n) is 6.24. The van der Waals surface area contributed by atoms with E-state index in [0.29, 0.717) is 0 Å². The second kappa shape index (κ2) is 5.94. The van der Waals surface area contributed by atoms with Gasteiger partial charge in [-0.05, 0) is 60.4 Å². The molecule has 3 rings (SSSR count). The van der Waals surface area contributed by atoms with E-state index in [-0.39, 0.29) is 6.04 Å². The molecular weight excluding hydrogens is 322 g/mol. The average Bonchev–Trinajstić information content (AvgIpc) is 2.42. The van der Waals surface area contributed by atoms with Crippen LogP contribution in [0.3, 0.4) is 0 Å². The molecule has 1 aliphatic carbocycles. The van der Waals surface area contributed by atoms with Crippen LogP contribution in [-0.2, 0) is 0 Å². The molecule has 0 bridgehead atoms. The molecule has 0 aromatic heterocycles. The van der Waals surface area contributed by atoms with Crippen LogP contribution in [0.25, 0.3) is 0 Å². The molecule has 1 aliphatic rings. The van der Waals surface area contributed by atoms with Crippen LogP contribution in [0.1, 0.15) is 59.0 Å². The van der Waals surface area contributed by atoms with E-state index >= 15 is 0 Å². The Morgan fingerprint density at radius 1 is 1.00 bits per heavy atom. The highest BCUT2D eigenvalue weighted by molar-refractivity contribution is 9.10. The molecule has 0 saturated heterocycles. The molecule has 2 aromatic carbocycles. The zero-order valence-electron chi connectivity index (χ0n) is 12.7. The Hall–Kier alpha value is -1.12. The van der Waals surface area contributed by atoms with Crippen LogP contribution in [0.2, 0.25) is 0 Å². The number of hydrogen-bond acceptors (Lipinski definition) is 1. The van der Waals surface area contributed by atoms with Gasteiger partial charge in [0.1, 0.15) is 0 Å². The predicted octanol–water partition coefficient (Wildman–Crippen LogP) is 5.38. The first-order valence-corrected chi connectivity index (χ1v) is 8.47. The van der Waals surface area contributed by atoms with Gasteiger partial charge in [0.2, 0.25) is 0 Å². The standard InChI is InChI=1S/C19H22BrN/c1-12-10-17(11-13(2)18(12)20)19(21)16-8-6-15(7-9-16)14-4-3-5-14/h6-11,14,19H,3-5,21H2,1-2H3. The summed E-state index contributed by atoms with van der Waals surface area (Å²) in [7, 11) is 0. The van der Waals surface area contributed by atoms with Crippen LogP contribution in [0, 0.1) is 13.8 Å². The van der Waals surface area contributed by atoms with Gasteiger partial charge in [0.25, 0.3) is 0 Å². The van der Waals surface area contributed by atoms with E-state index in [1.54, 1.807) is 0 Å². The van der Waals surface area contributed by atoms with Gasteiger partial charge in [-0.15, -0.1) is 0 Å². The Morgan fingerprint density at radius 2 is 1.57 bits per heavy atom. The van der Waals surface area contributed by atoms with Gasteiger partial charge < -0.3 is 5.73 Å². The third-order valence-electron chi connectivity index (χ3n) is 4.69. The predicted molar refractivity (Wildman–Crippen MR) is 92.7 cm³/mol. The summed E-state index contributed by atoms with van der Waals surface area (Å²) >= 11 is 3.62. The van der Waals surface area contributed by atoms with Crippen LogP contribution in [0.4, 0.5) is 0 Å². The molecule has 0 aliphatic heterocycles. The Kier molecular flexibility index (Phi) is 4.19. The maximum absolute atomic E-state index is 6.46. The van der Waals surface area contributed by atoms with Crippen molar-refractivity contribution in [3.8, 4) is 0 Å². The summed E-state index contributed by atoms with van der Waals surface area (Å²) in [6, 6.07) is 13.2. The van der Waals surface area contributed by atoms with Crippen molar-refractivity contribution in [3.63, 3.8) is 0 Å². The van der Waals surface area contributed by atoms with E-state index in [2.05, 4.69) is 66.2 Å². The third kappa shape index (κ3) is 2.93. The summed E-state index contributed by atoms with van der Waals surface area (Å²) in [4.78, 5) is 0. The van der Waals surface area contributed by atoms with Crippen molar-refractivity contribution < 1.29 is 0 Å². The summed E-state index contributed by atoms with van der Waals surface area (Å²) in [5.41, 5.74) is 12.8. The summed E-state index contributed by atoms with van der Waals surface area (Å²) in [6.45, 7) is 4.24. The largest absolute Gasteiger partial charge is 0.320 e. The molecule has 0 spiro atoms. The van der Waals surface area contributed by atoms with Gasteiger partial charge in [0, 0.05) is 4.47 Å². The molecule has 0 heterocycles. The van der Waals surface area contributed by atoms with E-state index in [9.17, 15) is 0 Å². The molecule has 0 radical (unpaired) electrons. The fourth-order valence-corrected chi connectivity index (χ4v) is 3.30. The summed E-state index contributed by atoms with van der Waals surface area (Å²) in [5, 5.41) is 0. The maximum Gasteiger partial charge on any atom is 0.0551 e. The van der Waals surface area contributed by atoms with Gasteiger partial charge in [-0.2, -0.15) is 0 Å². The monoisotopic (exact) mass is 343 g/mol. The van der Waals surface area contributed by atoms with Crippen LogP contribution in [-0.4, -0.2) is 0 Å². The number of rotatable bonds is 3. The van der Waals surface area contributed by atoms with Crippen LogP contribution in [0.15, 0.2) is 40.9 Å². The average molecular weight is 344 g/mol. The van der Waals surface area contributed by atoms with Gasteiger partial charge in [-0.3, -0.25) is 0 Å². The number of halogens is 1. The van der Waals surface area contributed by atoms with Gasteiger partial charge >= 0.3 is 0 Å². The molecule has 21 heavy (non-hydrogen) atoms. The van der Waals surface area contributed by atoms with Crippen LogP contribution in [0.5, 0.6) is 0 Å². The van der Waals surface area contributed by atoms with Gasteiger partial charge in [0.05, 0.1) is 6.04 Å². The number of nitrogens with two attached hydrogens (primary N) is 1. The lowest BCUT2D eigenvalue weighted by Crippen LogP contribution is -2.13. The number of hydrogen-bond donors (Lipinski definition) is 1. The molecule has 2 heteroatoms. The topological polar surface area (TPSA) is 26.0 Å². The third-order valence-corrected chi connectivity index (χ3v) is 5.94. The first kappa shape index (κ1) is 14.8. The minimum atomic E-state index is -0.0501. The molecule has 1 nitrogen and oxygen atoms in total. The zero-order chi connectivity index (χ0) is 15.0. The minimum absolute atomic E-state index is 0.0501. The fourth-order valence-electron chi connectivity index (χ4n) is 3.07. The smallest absolute Gasteiger partial charge is 0.0551 e. The molecule has 0 amide bonds. The quantitative estimate of drug-likeness (QED) is 0.795. The van der Waals surface area contributed by atoms with Crippen molar-refractivity contribution in [1.29, 1.82) is 0 Å². The van der Waals surface area contributed by atoms with Gasteiger partial charge in [-0.1, -0.05) is 58.7 Å². The van der Waals surface area contributed by atoms with E-state index in [4.69, 9.17) is 5.73 Å². The van der Waals surface area contributed by atoms with Crippen molar-refractivity contribution in [1.82, 2.24) is 0 Å². The van der Waals surface area contributed by atoms with E-state index in [1.165, 1.54) is 51.6 Å². The maximum atomic E-state index is 6.46. The first-order valence-electron chi connectivity index (χ1n) is 7.68. The highest BCUT2D eigenvalue weighted by Gasteiger charge is 2.19. The molecule has 1 fully saturated rings. The second-order valence-corrected chi connectivity index (χ2v) is 7.03. The number of benzene rings is 2. The first-order chi connectivity index (χ1) is 10.1. The molecular formula is C19H22BrN. The van der Waals surface area contributed by atoms with Gasteiger partial charge in [0.15, 0.2) is 0 Å². The number of aryl methyl sites for hydroxylation is 2. The SMILES string of the molecule is Cc1cc(C(N)c2ccc(C3CCC3)cc2)cc(C)c1Br. The van der Waals surface area contributed by atoms with Gasteiger partial charge in [-0.25, -0.2) is 0 Å². The van der Waals surface area contributed by atoms with E-state index in [0.717, 1.165) is 5.92 Å². The lowest BCUT2D eigenvalue weighted by Gasteiger charge is -2.26. The van der Waals surface area contributed by atoms with Crippen molar-refractivity contribution in [2.75, 3.05) is 0 Å². The van der Waals surface area contributed by atoms with Crippen molar-refractivity contribution >= 4 is 15.9 Å². The van der Waals surface area contributed by atoms with Crippen molar-refractivity contribution in [2.45, 2.75) is 45.1 Å². The van der Waals surface area contributed by atoms with Crippen LogP contribution >= 0.6 is 15.9 Å². The lowest BCUT2D eigenvalue weighted by atomic mass is 9.79. The lowest BCUT2D eigenvalue weighted by molar-refractivity contribution is 0.419. The zero-order valence-corrected chi connectivity index (χ0v) is 14.3. The Morgan fingerprint density at radius 3 is 2.05 bits per heavy atom. The fraction of sp³-hybridized carbons (Fsp3) is 0.368. The highest BCUT2D eigenvalue weighted by Crippen LogP contribution is 2.37. The van der Waals surface area contributed by atoms with Crippen molar-refractivity contribution in [2.24, 2.45) is 5.73 Å². The molecule has 2 aromatic rings. The minimum Gasteiger partial charge on any atom is -0.320 e. The molecule has 1 atom stereocenters. The molecule has 1 unspecified atom stereocenters. The summed E-state index contributed by atoms with van der Waals surface area (Å²) in [6.07, 6.45) is 4.07. The van der Waals surface area contributed by atoms with Crippen molar-refractivity contribution in [3.05, 3.63) is 68.7 Å². The van der Waals surface area contributed by atoms with Crippen LogP contribution < -0.4 is 5.73 Å². The molecule has 2 N–H and O–H groups in total. The molecule has 1 saturated carbocycles. The highest BCUT2D eigenvalue weighted by atomic mass is 79.9. The Balaban J connectivity index is 1.85. The normalized spacial score (nSPS) is 16.6. The summed E-state index contributed by atoms with van der Waals surface area (Å²) in [5.74, 6) is 0.785. The Labute approximate surface area is 135 Å². The summed E-state index contributed by atoms with van der Waals surface area (Å²) < 4.78 is 1.18. The van der Waals surface area contributed by atoms with E-state index < -0.39 is 0 Å². The Bertz CT molecular complexity index is 618. The molecule has 110 valence electrons.